The summed E-state index contributed by atoms with van der Waals surface area (Å²) in [5.41, 5.74) is 3.54. The molecule has 0 saturated heterocycles. The molecule has 0 fully saturated rings. The molecule has 0 aromatic heterocycles. The second-order valence-corrected chi connectivity index (χ2v) is 7.30. The van der Waals surface area contributed by atoms with Gasteiger partial charge in [-0.15, -0.1) is 0 Å². The van der Waals surface area contributed by atoms with Gasteiger partial charge in [0, 0.05) is 0 Å². The quantitative estimate of drug-likeness (QED) is 0.424. The van der Waals surface area contributed by atoms with Crippen LogP contribution in [0.15, 0.2) is 72.8 Å². The van der Waals surface area contributed by atoms with Crippen LogP contribution in [0.5, 0.6) is 0 Å². The summed E-state index contributed by atoms with van der Waals surface area (Å²) in [4.78, 5) is 13.3. The molecule has 132 valence electrons. The van der Waals surface area contributed by atoms with Gasteiger partial charge in [0.2, 0.25) is 0 Å². The summed E-state index contributed by atoms with van der Waals surface area (Å²) in [6, 6.07) is 25.2. The molecule has 1 aliphatic carbocycles. The molecule has 1 atom stereocenters. The van der Waals surface area contributed by atoms with Crippen LogP contribution in [0.2, 0.25) is 0 Å². The lowest BCUT2D eigenvalue weighted by Crippen LogP contribution is -2.34. The largest absolute Gasteiger partial charge is 0.465 e. The highest BCUT2D eigenvalue weighted by Crippen LogP contribution is 2.53. The van der Waals surface area contributed by atoms with Crippen molar-refractivity contribution in [2.45, 2.75) is 19.3 Å². The summed E-state index contributed by atoms with van der Waals surface area (Å²) in [7, 11) is 0. The Bertz CT molecular complexity index is 1220. The van der Waals surface area contributed by atoms with Crippen molar-refractivity contribution >= 4 is 27.5 Å². The van der Waals surface area contributed by atoms with Crippen LogP contribution < -0.4 is 0 Å². The lowest BCUT2D eigenvalue weighted by atomic mass is 9.78. The fraction of sp³-hybridized carbons (Fsp3) is 0.160. The van der Waals surface area contributed by atoms with Crippen molar-refractivity contribution in [3.05, 3.63) is 83.9 Å². The highest BCUT2D eigenvalue weighted by molar-refractivity contribution is 6.08. The summed E-state index contributed by atoms with van der Waals surface area (Å²) < 4.78 is 5.56. The SMILES string of the molecule is CCOC(=O)C1(C)c2cc3ccccc3cc2-c2ccc3ccccc3c21. The van der Waals surface area contributed by atoms with E-state index in [1.54, 1.807) is 0 Å². The van der Waals surface area contributed by atoms with Gasteiger partial charge in [-0.3, -0.25) is 4.79 Å². The fourth-order valence-corrected chi connectivity index (χ4v) is 4.53. The monoisotopic (exact) mass is 352 g/mol. The first-order chi connectivity index (χ1) is 13.1. The third kappa shape index (κ3) is 2.10. The minimum Gasteiger partial charge on any atom is -0.465 e. The van der Waals surface area contributed by atoms with Crippen LogP contribution >= 0.6 is 0 Å². The number of carbonyl (C=O) groups is 1. The van der Waals surface area contributed by atoms with E-state index < -0.39 is 5.41 Å². The van der Waals surface area contributed by atoms with E-state index in [2.05, 4.69) is 54.6 Å². The Morgan fingerprint density at radius 3 is 2.26 bits per heavy atom. The number of carbonyl (C=O) groups excluding carboxylic acids is 1. The Labute approximate surface area is 158 Å². The van der Waals surface area contributed by atoms with Crippen molar-refractivity contribution in [3.8, 4) is 11.1 Å². The van der Waals surface area contributed by atoms with Crippen molar-refractivity contribution < 1.29 is 9.53 Å². The molecule has 0 radical (unpaired) electrons. The molecule has 1 unspecified atom stereocenters. The molecule has 0 spiro atoms. The highest BCUT2D eigenvalue weighted by atomic mass is 16.5. The standard InChI is InChI=1S/C25H20O2/c1-3-27-24(26)25(2)22-15-18-10-5-4-9-17(18)14-21(22)20-13-12-16-8-6-7-11-19(16)23(20)25/h4-15H,3H2,1-2H3. The Morgan fingerprint density at radius 1 is 0.852 bits per heavy atom. The minimum atomic E-state index is -0.814. The molecule has 0 amide bonds. The van der Waals surface area contributed by atoms with Crippen LogP contribution in [0.25, 0.3) is 32.7 Å². The molecule has 0 aliphatic heterocycles. The summed E-state index contributed by atoms with van der Waals surface area (Å²) in [5, 5.41) is 4.59. The molecule has 0 saturated carbocycles. The molecular formula is C25H20O2. The van der Waals surface area contributed by atoms with E-state index in [4.69, 9.17) is 4.74 Å². The Balaban J connectivity index is 1.93. The molecule has 27 heavy (non-hydrogen) atoms. The van der Waals surface area contributed by atoms with Crippen molar-refractivity contribution in [2.75, 3.05) is 6.61 Å². The topological polar surface area (TPSA) is 26.3 Å². The average molecular weight is 352 g/mol. The van der Waals surface area contributed by atoms with Gasteiger partial charge in [0.05, 0.1) is 6.61 Å². The number of fused-ring (bicyclic) bond motifs is 6. The maximum absolute atomic E-state index is 13.3. The Hall–Kier alpha value is -3.13. The van der Waals surface area contributed by atoms with Gasteiger partial charge in [-0.25, -0.2) is 0 Å². The van der Waals surface area contributed by atoms with Crippen LogP contribution in [0, 0.1) is 0 Å². The average Bonchev–Trinajstić information content (AvgIpc) is 2.96. The van der Waals surface area contributed by atoms with E-state index in [1.807, 2.05) is 32.0 Å². The van der Waals surface area contributed by atoms with Crippen LogP contribution in [0.1, 0.15) is 25.0 Å². The molecule has 1 aliphatic rings. The number of ether oxygens (including phenoxy) is 1. The van der Waals surface area contributed by atoms with Gasteiger partial charge in [0.25, 0.3) is 0 Å². The Morgan fingerprint density at radius 2 is 1.52 bits per heavy atom. The third-order valence-electron chi connectivity index (χ3n) is 5.83. The van der Waals surface area contributed by atoms with E-state index in [-0.39, 0.29) is 5.97 Å². The van der Waals surface area contributed by atoms with Gasteiger partial charge in [0.1, 0.15) is 5.41 Å². The zero-order valence-electron chi connectivity index (χ0n) is 15.5. The second-order valence-electron chi connectivity index (χ2n) is 7.30. The van der Waals surface area contributed by atoms with Crippen LogP contribution in [-0.4, -0.2) is 12.6 Å². The maximum atomic E-state index is 13.3. The van der Waals surface area contributed by atoms with Gasteiger partial charge < -0.3 is 4.74 Å². The van der Waals surface area contributed by atoms with E-state index >= 15 is 0 Å². The maximum Gasteiger partial charge on any atom is 0.320 e. The van der Waals surface area contributed by atoms with E-state index in [9.17, 15) is 4.79 Å². The van der Waals surface area contributed by atoms with E-state index in [0.717, 1.165) is 38.4 Å². The first kappa shape index (κ1) is 16.1. The van der Waals surface area contributed by atoms with Crippen molar-refractivity contribution in [1.82, 2.24) is 0 Å². The number of rotatable bonds is 2. The molecule has 5 rings (SSSR count). The smallest absolute Gasteiger partial charge is 0.320 e. The Kier molecular flexibility index (Phi) is 3.38. The van der Waals surface area contributed by atoms with Gasteiger partial charge in [-0.1, -0.05) is 60.7 Å². The molecule has 0 heterocycles. The predicted molar refractivity (Wildman–Crippen MR) is 110 cm³/mol. The minimum absolute atomic E-state index is 0.184. The number of hydrogen-bond acceptors (Lipinski definition) is 2. The van der Waals surface area contributed by atoms with Gasteiger partial charge >= 0.3 is 5.97 Å². The lowest BCUT2D eigenvalue weighted by molar-refractivity contribution is -0.147. The van der Waals surface area contributed by atoms with Gasteiger partial charge in [0.15, 0.2) is 0 Å². The molecule has 2 nitrogen and oxygen atoms in total. The van der Waals surface area contributed by atoms with Crippen molar-refractivity contribution in [2.24, 2.45) is 0 Å². The molecule has 0 bridgehead atoms. The summed E-state index contributed by atoms with van der Waals surface area (Å²) in [5.74, 6) is -0.184. The van der Waals surface area contributed by atoms with Crippen LogP contribution in [-0.2, 0) is 14.9 Å². The van der Waals surface area contributed by atoms with Crippen molar-refractivity contribution in [3.63, 3.8) is 0 Å². The molecule has 4 aromatic rings. The van der Waals surface area contributed by atoms with Crippen LogP contribution in [0.3, 0.4) is 0 Å². The highest BCUT2D eigenvalue weighted by Gasteiger charge is 2.47. The van der Waals surface area contributed by atoms with E-state index in [1.165, 1.54) is 5.39 Å². The first-order valence-corrected chi connectivity index (χ1v) is 9.37. The summed E-state index contributed by atoms with van der Waals surface area (Å²) in [6.07, 6.45) is 0. The van der Waals surface area contributed by atoms with Crippen molar-refractivity contribution in [1.29, 1.82) is 0 Å². The summed E-state index contributed by atoms with van der Waals surface area (Å²) >= 11 is 0. The molecule has 0 N–H and O–H groups in total. The number of benzene rings is 4. The van der Waals surface area contributed by atoms with E-state index in [0.29, 0.717) is 6.61 Å². The molecule has 2 heteroatoms. The number of hydrogen-bond donors (Lipinski definition) is 0. The van der Waals surface area contributed by atoms with Crippen LogP contribution in [0.4, 0.5) is 0 Å². The second kappa shape index (κ2) is 5.68. The zero-order chi connectivity index (χ0) is 18.6. The third-order valence-corrected chi connectivity index (χ3v) is 5.83. The number of esters is 1. The molecule has 4 aromatic carbocycles. The zero-order valence-corrected chi connectivity index (χ0v) is 15.5. The molecular weight excluding hydrogens is 332 g/mol. The van der Waals surface area contributed by atoms with Gasteiger partial charge in [-0.05, 0) is 69.8 Å². The summed E-state index contributed by atoms with van der Waals surface area (Å²) in [6.45, 7) is 4.25. The normalized spacial score (nSPS) is 17.7. The first-order valence-electron chi connectivity index (χ1n) is 9.37. The lowest BCUT2D eigenvalue weighted by Gasteiger charge is -2.26. The fourth-order valence-electron chi connectivity index (χ4n) is 4.53. The van der Waals surface area contributed by atoms with Gasteiger partial charge in [-0.2, -0.15) is 0 Å². The predicted octanol–water partition coefficient (Wildman–Crippen LogP) is 5.84.